The first-order valence-electron chi connectivity index (χ1n) is 7.09. The van der Waals surface area contributed by atoms with Gasteiger partial charge in [-0.15, -0.1) is 0 Å². The average Bonchev–Trinajstić information content (AvgIpc) is 2.29. The van der Waals surface area contributed by atoms with Crippen molar-refractivity contribution < 1.29 is 5.11 Å². The minimum absolute atomic E-state index is 0.301. The zero-order chi connectivity index (χ0) is 11.6. The molecule has 1 aliphatic heterocycles. The van der Waals surface area contributed by atoms with Crippen molar-refractivity contribution in [3.05, 3.63) is 0 Å². The maximum absolute atomic E-state index is 10.6. The van der Waals surface area contributed by atoms with Crippen LogP contribution in [-0.2, 0) is 0 Å². The number of aliphatic hydroxyl groups is 1. The number of hydrogen-bond donors (Lipinski definition) is 1. The van der Waals surface area contributed by atoms with E-state index in [1.165, 1.54) is 32.2 Å². The lowest BCUT2D eigenvalue weighted by Gasteiger charge is -2.48. The van der Waals surface area contributed by atoms with E-state index >= 15 is 0 Å². The minimum Gasteiger partial charge on any atom is -0.390 e. The van der Waals surface area contributed by atoms with Crippen LogP contribution in [0.4, 0.5) is 0 Å². The van der Waals surface area contributed by atoms with Gasteiger partial charge in [-0.25, -0.2) is 0 Å². The van der Waals surface area contributed by atoms with Crippen molar-refractivity contribution >= 4 is 0 Å². The Balaban J connectivity index is 1.89. The van der Waals surface area contributed by atoms with Crippen LogP contribution < -0.4 is 0 Å². The number of nitrogens with zero attached hydrogens (tertiary/aromatic N) is 1. The van der Waals surface area contributed by atoms with Crippen LogP contribution in [0, 0.1) is 11.8 Å². The highest BCUT2D eigenvalue weighted by Gasteiger charge is 2.42. The molecule has 0 aromatic heterocycles. The Hall–Kier alpha value is -0.0800. The third-order valence-electron chi connectivity index (χ3n) is 4.78. The molecule has 0 bridgehead atoms. The molecule has 1 saturated carbocycles. The standard InChI is InChI=1S/C14H27NO/c1-3-12(2)10-15-9-8-14(16)7-5-4-6-13(14)11-15/h12-13,16H,3-11H2,1-2H3. The van der Waals surface area contributed by atoms with Crippen LogP contribution in [-0.4, -0.2) is 35.2 Å². The van der Waals surface area contributed by atoms with E-state index in [0.717, 1.165) is 31.8 Å². The Morgan fingerprint density at radius 1 is 1.38 bits per heavy atom. The molecule has 2 nitrogen and oxygen atoms in total. The lowest BCUT2D eigenvalue weighted by Crippen LogP contribution is -2.53. The lowest BCUT2D eigenvalue weighted by molar-refractivity contribution is -0.0969. The topological polar surface area (TPSA) is 23.5 Å². The second-order valence-electron chi connectivity index (χ2n) is 6.07. The molecular formula is C14H27NO. The van der Waals surface area contributed by atoms with Gasteiger partial charge in [-0.1, -0.05) is 33.1 Å². The maximum atomic E-state index is 10.6. The summed E-state index contributed by atoms with van der Waals surface area (Å²) in [6.07, 6.45) is 7.13. The Kier molecular flexibility index (Phi) is 3.91. The molecule has 0 aromatic carbocycles. The van der Waals surface area contributed by atoms with E-state index in [4.69, 9.17) is 0 Å². The van der Waals surface area contributed by atoms with Crippen LogP contribution in [0.5, 0.6) is 0 Å². The van der Waals surface area contributed by atoms with Gasteiger partial charge in [-0.2, -0.15) is 0 Å². The summed E-state index contributed by atoms with van der Waals surface area (Å²) in [6, 6.07) is 0. The number of hydrogen-bond acceptors (Lipinski definition) is 2. The summed E-state index contributed by atoms with van der Waals surface area (Å²) in [5, 5.41) is 10.6. The predicted octanol–water partition coefficient (Wildman–Crippen LogP) is 2.66. The SMILES string of the molecule is CCC(C)CN1CCC2(O)CCCCC2C1. The molecule has 1 N–H and O–H groups in total. The molecule has 3 unspecified atom stereocenters. The molecule has 1 aliphatic carbocycles. The minimum atomic E-state index is -0.301. The van der Waals surface area contributed by atoms with Crippen molar-refractivity contribution in [2.45, 2.75) is 58.0 Å². The average molecular weight is 225 g/mol. The first kappa shape index (κ1) is 12.4. The zero-order valence-corrected chi connectivity index (χ0v) is 10.9. The van der Waals surface area contributed by atoms with E-state index in [9.17, 15) is 5.11 Å². The second-order valence-corrected chi connectivity index (χ2v) is 6.07. The van der Waals surface area contributed by atoms with E-state index in [0.29, 0.717) is 5.92 Å². The summed E-state index contributed by atoms with van der Waals surface area (Å²) >= 11 is 0. The summed E-state index contributed by atoms with van der Waals surface area (Å²) in [5.74, 6) is 1.36. The van der Waals surface area contributed by atoms with Gasteiger partial charge in [0.05, 0.1) is 5.60 Å². The van der Waals surface area contributed by atoms with E-state index in [1.54, 1.807) is 0 Å². The molecule has 0 amide bonds. The van der Waals surface area contributed by atoms with Crippen LogP contribution in [0.1, 0.15) is 52.4 Å². The molecule has 0 radical (unpaired) electrons. The van der Waals surface area contributed by atoms with Gasteiger partial charge in [-0.3, -0.25) is 0 Å². The Bertz CT molecular complexity index is 231. The number of likely N-dealkylation sites (tertiary alicyclic amines) is 1. The lowest BCUT2D eigenvalue weighted by atomic mass is 9.71. The summed E-state index contributed by atoms with van der Waals surface area (Å²) in [7, 11) is 0. The fraction of sp³-hybridized carbons (Fsp3) is 1.00. The molecule has 16 heavy (non-hydrogen) atoms. The van der Waals surface area contributed by atoms with Crippen LogP contribution >= 0.6 is 0 Å². The monoisotopic (exact) mass is 225 g/mol. The zero-order valence-electron chi connectivity index (χ0n) is 10.9. The van der Waals surface area contributed by atoms with Gasteiger partial charge < -0.3 is 10.0 Å². The highest BCUT2D eigenvalue weighted by atomic mass is 16.3. The van der Waals surface area contributed by atoms with Gasteiger partial charge in [0.25, 0.3) is 0 Å². The number of piperidine rings is 1. The molecule has 1 heterocycles. The van der Waals surface area contributed by atoms with E-state index in [-0.39, 0.29) is 5.60 Å². The molecule has 2 aliphatic rings. The van der Waals surface area contributed by atoms with Gasteiger partial charge >= 0.3 is 0 Å². The van der Waals surface area contributed by atoms with Gasteiger partial charge in [0.1, 0.15) is 0 Å². The van der Waals surface area contributed by atoms with E-state index < -0.39 is 0 Å². The highest BCUT2D eigenvalue weighted by molar-refractivity contribution is 4.95. The van der Waals surface area contributed by atoms with Crippen LogP contribution in [0.2, 0.25) is 0 Å². The largest absolute Gasteiger partial charge is 0.390 e. The molecule has 3 atom stereocenters. The highest BCUT2D eigenvalue weighted by Crippen LogP contribution is 2.39. The molecule has 94 valence electrons. The number of rotatable bonds is 3. The maximum Gasteiger partial charge on any atom is 0.0700 e. The van der Waals surface area contributed by atoms with Crippen molar-refractivity contribution in [3.63, 3.8) is 0 Å². The Morgan fingerprint density at radius 3 is 2.94 bits per heavy atom. The summed E-state index contributed by atoms with van der Waals surface area (Å²) in [5.41, 5.74) is -0.301. The Morgan fingerprint density at radius 2 is 2.19 bits per heavy atom. The fourth-order valence-electron chi connectivity index (χ4n) is 3.38. The third-order valence-corrected chi connectivity index (χ3v) is 4.78. The first-order chi connectivity index (χ1) is 7.64. The fourth-order valence-corrected chi connectivity index (χ4v) is 3.38. The van der Waals surface area contributed by atoms with Gasteiger partial charge in [0.2, 0.25) is 0 Å². The van der Waals surface area contributed by atoms with Gasteiger partial charge in [0.15, 0.2) is 0 Å². The molecule has 2 rings (SSSR count). The second kappa shape index (κ2) is 5.05. The summed E-state index contributed by atoms with van der Waals surface area (Å²) < 4.78 is 0. The molecule has 2 fully saturated rings. The molecule has 0 spiro atoms. The van der Waals surface area contributed by atoms with E-state index in [2.05, 4.69) is 18.7 Å². The molecule has 0 aromatic rings. The van der Waals surface area contributed by atoms with Crippen LogP contribution in [0.25, 0.3) is 0 Å². The van der Waals surface area contributed by atoms with Gasteiger partial charge in [0, 0.05) is 25.6 Å². The van der Waals surface area contributed by atoms with Crippen molar-refractivity contribution in [1.29, 1.82) is 0 Å². The smallest absolute Gasteiger partial charge is 0.0700 e. The van der Waals surface area contributed by atoms with Crippen molar-refractivity contribution in [1.82, 2.24) is 4.90 Å². The number of fused-ring (bicyclic) bond motifs is 1. The molecular weight excluding hydrogens is 198 g/mol. The van der Waals surface area contributed by atoms with Gasteiger partial charge in [-0.05, 0) is 25.2 Å². The van der Waals surface area contributed by atoms with Crippen molar-refractivity contribution in [3.8, 4) is 0 Å². The molecule has 1 saturated heterocycles. The molecule has 2 heteroatoms. The third kappa shape index (κ3) is 2.60. The van der Waals surface area contributed by atoms with Crippen LogP contribution in [0.15, 0.2) is 0 Å². The Labute approximate surface area is 100 Å². The predicted molar refractivity (Wildman–Crippen MR) is 67.4 cm³/mol. The van der Waals surface area contributed by atoms with Crippen LogP contribution in [0.3, 0.4) is 0 Å². The first-order valence-corrected chi connectivity index (χ1v) is 7.09. The summed E-state index contributed by atoms with van der Waals surface area (Å²) in [6.45, 7) is 8.08. The summed E-state index contributed by atoms with van der Waals surface area (Å²) in [4.78, 5) is 2.58. The van der Waals surface area contributed by atoms with Crippen molar-refractivity contribution in [2.75, 3.05) is 19.6 Å². The quantitative estimate of drug-likeness (QED) is 0.798. The normalized spacial score (nSPS) is 38.1. The van der Waals surface area contributed by atoms with E-state index in [1.807, 2.05) is 0 Å². The van der Waals surface area contributed by atoms with Crippen molar-refractivity contribution in [2.24, 2.45) is 11.8 Å².